The monoisotopic (exact) mass is 338 g/mol. The molecule has 0 aliphatic carbocycles. The summed E-state index contributed by atoms with van der Waals surface area (Å²) in [5.74, 6) is 1.50. The largest absolute Gasteiger partial charge is 0.507 e. The zero-order valence-corrected chi connectivity index (χ0v) is 15.6. The maximum absolute atomic E-state index is 11.0. The van der Waals surface area contributed by atoms with Gasteiger partial charge in [-0.25, -0.2) is 0 Å². The van der Waals surface area contributed by atoms with E-state index in [1.54, 1.807) is 0 Å². The van der Waals surface area contributed by atoms with Crippen molar-refractivity contribution in [2.24, 2.45) is 0 Å². The number of unbranched alkanes of at least 4 members (excludes halogenated alkanes) is 4. The van der Waals surface area contributed by atoms with Gasteiger partial charge < -0.3 is 9.84 Å². The SMILES string of the molecule is CCCCCCCc1c(C)c(O)c(-c2ccccc2)c2c1OCCC2. The van der Waals surface area contributed by atoms with Gasteiger partial charge in [0.15, 0.2) is 0 Å². The molecule has 2 aromatic carbocycles. The molecule has 0 bridgehead atoms. The van der Waals surface area contributed by atoms with Gasteiger partial charge in [0.1, 0.15) is 11.5 Å². The number of phenols is 1. The molecule has 0 amide bonds. The summed E-state index contributed by atoms with van der Waals surface area (Å²) >= 11 is 0. The van der Waals surface area contributed by atoms with Gasteiger partial charge in [-0.05, 0) is 43.7 Å². The Morgan fingerprint density at radius 2 is 1.80 bits per heavy atom. The Morgan fingerprint density at radius 3 is 2.56 bits per heavy atom. The van der Waals surface area contributed by atoms with E-state index in [1.807, 2.05) is 25.1 Å². The molecular formula is C23H30O2. The Morgan fingerprint density at radius 1 is 1.04 bits per heavy atom. The van der Waals surface area contributed by atoms with Crippen molar-refractivity contribution in [2.75, 3.05) is 6.61 Å². The molecule has 2 nitrogen and oxygen atoms in total. The van der Waals surface area contributed by atoms with Crippen LogP contribution in [0.15, 0.2) is 30.3 Å². The highest BCUT2D eigenvalue weighted by molar-refractivity contribution is 5.79. The van der Waals surface area contributed by atoms with Gasteiger partial charge in [-0.1, -0.05) is 62.9 Å². The first kappa shape index (κ1) is 17.8. The van der Waals surface area contributed by atoms with Crippen LogP contribution in [0.4, 0.5) is 0 Å². The molecule has 0 unspecified atom stereocenters. The molecule has 1 aliphatic rings. The van der Waals surface area contributed by atoms with Gasteiger partial charge in [0.2, 0.25) is 0 Å². The van der Waals surface area contributed by atoms with Crippen LogP contribution in [-0.4, -0.2) is 11.7 Å². The lowest BCUT2D eigenvalue weighted by Gasteiger charge is -2.26. The van der Waals surface area contributed by atoms with E-state index in [9.17, 15) is 5.11 Å². The maximum Gasteiger partial charge on any atom is 0.127 e. The summed E-state index contributed by atoms with van der Waals surface area (Å²) in [4.78, 5) is 0. The van der Waals surface area contributed by atoms with Gasteiger partial charge in [-0.2, -0.15) is 0 Å². The molecule has 0 radical (unpaired) electrons. The first-order valence-electron chi connectivity index (χ1n) is 9.79. The normalized spacial score (nSPS) is 13.4. The summed E-state index contributed by atoms with van der Waals surface area (Å²) < 4.78 is 6.12. The number of hydrogen-bond acceptors (Lipinski definition) is 2. The molecule has 2 aromatic rings. The molecule has 1 N–H and O–H groups in total. The Bertz CT molecular complexity index is 704. The van der Waals surface area contributed by atoms with E-state index in [1.165, 1.54) is 43.2 Å². The van der Waals surface area contributed by atoms with Gasteiger partial charge in [0, 0.05) is 16.7 Å². The van der Waals surface area contributed by atoms with E-state index < -0.39 is 0 Å². The van der Waals surface area contributed by atoms with Crippen molar-refractivity contribution in [1.29, 1.82) is 0 Å². The van der Waals surface area contributed by atoms with Crippen molar-refractivity contribution < 1.29 is 9.84 Å². The molecule has 2 heteroatoms. The number of fused-ring (bicyclic) bond motifs is 1. The third kappa shape index (κ3) is 3.84. The van der Waals surface area contributed by atoms with Gasteiger partial charge in [-0.15, -0.1) is 0 Å². The number of rotatable bonds is 7. The summed E-state index contributed by atoms with van der Waals surface area (Å²) in [6, 6.07) is 10.2. The van der Waals surface area contributed by atoms with Crippen molar-refractivity contribution in [3.05, 3.63) is 47.0 Å². The van der Waals surface area contributed by atoms with Gasteiger partial charge >= 0.3 is 0 Å². The van der Waals surface area contributed by atoms with Crippen LogP contribution < -0.4 is 4.74 Å². The van der Waals surface area contributed by atoms with Crippen molar-refractivity contribution in [3.8, 4) is 22.6 Å². The van der Waals surface area contributed by atoms with Gasteiger partial charge in [0.25, 0.3) is 0 Å². The average molecular weight is 338 g/mol. The Kier molecular flexibility index (Phi) is 6.01. The second kappa shape index (κ2) is 8.42. The minimum Gasteiger partial charge on any atom is -0.507 e. The molecule has 134 valence electrons. The molecule has 0 aromatic heterocycles. The molecule has 0 saturated carbocycles. The average Bonchev–Trinajstić information content (AvgIpc) is 2.65. The number of benzene rings is 2. The van der Waals surface area contributed by atoms with E-state index in [-0.39, 0.29) is 0 Å². The zero-order chi connectivity index (χ0) is 17.6. The third-order valence-electron chi connectivity index (χ3n) is 5.30. The lowest BCUT2D eigenvalue weighted by Crippen LogP contribution is -2.13. The van der Waals surface area contributed by atoms with E-state index >= 15 is 0 Å². The molecule has 0 spiro atoms. The fourth-order valence-electron chi connectivity index (χ4n) is 3.90. The van der Waals surface area contributed by atoms with E-state index in [0.29, 0.717) is 5.75 Å². The fraction of sp³-hybridized carbons (Fsp3) is 0.478. The number of hydrogen-bond donors (Lipinski definition) is 1. The summed E-state index contributed by atoms with van der Waals surface area (Å²) in [6.45, 7) is 5.07. The fourth-order valence-corrected chi connectivity index (χ4v) is 3.90. The van der Waals surface area contributed by atoms with Crippen molar-refractivity contribution >= 4 is 0 Å². The van der Waals surface area contributed by atoms with Crippen molar-refractivity contribution in [3.63, 3.8) is 0 Å². The Hall–Kier alpha value is -1.96. The minimum absolute atomic E-state index is 0.444. The highest BCUT2D eigenvalue weighted by Gasteiger charge is 2.25. The summed E-state index contributed by atoms with van der Waals surface area (Å²) in [5.41, 5.74) is 5.48. The van der Waals surface area contributed by atoms with Crippen LogP contribution in [0.2, 0.25) is 0 Å². The van der Waals surface area contributed by atoms with Gasteiger partial charge in [-0.3, -0.25) is 0 Å². The van der Waals surface area contributed by atoms with Crippen LogP contribution in [0.1, 0.15) is 62.1 Å². The van der Waals surface area contributed by atoms with Crippen LogP contribution >= 0.6 is 0 Å². The predicted octanol–water partition coefficient (Wildman–Crippen LogP) is 6.21. The summed E-state index contributed by atoms with van der Waals surface area (Å²) in [5, 5.41) is 11.0. The third-order valence-corrected chi connectivity index (χ3v) is 5.30. The summed E-state index contributed by atoms with van der Waals surface area (Å²) in [6.07, 6.45) is 9.30. The zero-order valence-electron chi connectivity index (χ0n) is 15.6. The smallest absolute Gasteiger partial charge is 0.127 e. The Labute approximate surface area is 151 Å². The second-order valence-corrected chi connectivity index (χ2v) is 7.12. The van der Waals surface area contributed by atoms with Crippen LogP contribution in [0, 0.1) is 6.92 Å². The number of aromatic hydroxyl groups is 1. The molecule has 25 heavy (non-hydrogen) atoms. The van der Waals surface area contributed by atoms with Gasteiger partial charge in [0.05, 0.1) is 6.61 Å². The first-order chi connectivity index (χ1) is 12.2. The molecule has 1 heterocycles. The maximum atomic E-state index is 11.0. The lowest BCUT2D eigenvalue weighted by molar-refractivity contribution is 0.284. The highest BCUT2D eigenvalue weighted by atomic mass is 16.5. The van der Waals surface area contributed by atoms with E-state index in [4.69, 9.17) is 4.74 Å². The lowest BCUT2D eigenvalue weighted by atomic mass is 9.87. The first-order valence-corrected chi connectivity index (χ1v) is 9.79. The second-order valence-electron chi connectivity index (χ2n) is 7.12. The highest BCUT2D eigenvalue weighted by Crippen LogP contribution is 2.46. The summed E-state index contributed by atoms with van der Waals surface area (Å²) in [7, 11) is 0. The molecule has 0 fully saturated rings. The molecule has 3 rings (SSSR count). The van der Waals surface area contributed by atoms with Crippen LogP contribution in [0.5, 0.6) is 11.5 Å². The minimum atomic E-state index is 0.444. The van der Waals surface area contributed by atoms with E-state index in [0.717, 1.165) is 48.3 Å². The predicted molar refractivity (Wildman–Crippen MR) is 105 cm³/mol. The standard InChI is InChI=1S/C23H30O2/c1-3-4-5-6-10-14-19-17(2)22(24)21(18-12-8-7-9-13-18)20-15-11-16-25-23(19)20/h7-9,12-13,24H,3-6,10-11,14-16H2,1-2H3. The van der Waals surface area contributed by atoms with Crippen LogP contribution in [-0.2, 0) is 12.8 Å². The quantitative estimate of drug-likeness (QED) is 0.609. The van der Waals surface area contributed by atoms with Crippen LogP contribution in [0.3, 0.4) is 0 Å². The van der Waals surface area contributed by atoms with E-state index in [2.05, 4.69) is 19.1 Å². The molecule has 0 atom stereocenters. The Balaban J connectivity index is 1.96. The van der Waals surface area contributed by atoms with Crippen LogP contribution in [0.25, 0.3) is 11.1 Å². The number of phenolic OH excluding ortho intramolecular Hbond substituents is 1. The topological polar surface area (TPSA) is 29.5 Å². The molecular weight excluding hydrogens is 308 g/mol. The molecule has 1 aliphatic heterocycles. The van der Waals surface area contributed by atoms with Crippen molar-refractivity contribution in [2.45, 2.75) is 65.2 Å². The number of ether oxygens (including phenoxy) is 1. The van der Waals surface area contributed by atoms with Crippen molar-refractivity contribution in [1.82, 2.24) is 0 Å². The molecule has 0 saturated heterocycles.